The van der Waals surface area contributed by atoms with E-state index in [-0.39, 0.29) is 12.2 Å². The van der Waals surface area contributed by atoms with E-state index in [9.17, 15) is 24.3 Å². The molecule has 1 atom stereocenters. The van der Waals surface area contributed by atoms with Crippen LogP contribution in [0.25, 0.3) is 0 Å². The number of ether oxygens (including phenoxy) is 1. The molecular formula is C23H25N3O7. The van der Waals surface area contributed by atoms with Gasteiger partial charge in [0, 0.05) is 39.1 Å². The number of nitrogens with zero attached hydrogens (tertiary/aromatic N) is 1. The van der Waals surface area contributed by atoms with E-state index >= 15 is 0 Å². The van der Waals surface area contributed by atoms with Gasteiger partial charge in [-0.25, -0.2) is 14.4 Å². The fourth-order valence-electron chi connectivity index (χ4n) is 3.44. The first-order valence-electron chi connectivity index (χ1n) is 10.4. The monoisotopic (exact) mass is 455 g/mol. The molecule has 1 saturated heterocycles. The van der Waals surface area contributed by atoms with Crippen LogP contribution in [-0.4, -0.2) is 71.1 Å². The number of carbonyl (C=O) groups excluding carboxylic acids is 2. The van der Waals surface area contributed by atoms with Gasteiger partial charge in [0.05, 0.1) is 5.56 Å². The Labute approximate surface area is 190 Å². The van der Waals surface area contributed by atoms with E-state index in [2.05, 4.69) is 10.2 Å². The maximum Gasteiger partial charge on any atom is 0.394 e. The highest BCUT2D eigenvalue weighted by Gasteiger charge is 2.23. The van der Waals surface area contributed by atoms with Crippen molar-refractivity contribution in [1.82, 2.24) is 15.5 Å². The van der Waals surface area contributed by atoms with Crippen molar-refractivity contribution >= 4 is 23.8 Å². The van der Waals surface area contributed by atoms with E-state index in [0.717, 1.165) is 38.3 Å². The van der Waals surface area contributed by atoms with Crippen LogP contribution in [0.3, 0.4) is 0 Å². The lowest BCUT2D eigenvalue weighted by Gasteiger charge is -2.27. The highest BCUT2D eigenvalue weighted by Crippen LogP contribution is 2.17. The third-order valence-electron chi connectivity index (χ3n) is 5.15. The molecule has 2 aromatic carbocycles. The molecule has 10 heteroatoms. The molecule has 0 spiro atoms. The fraction of sp³-hybridized carbons (Fsp3) is 0.304. The van der Waals surface area contributed by atoms with Gasteiger partial charge in [0.2, 0.25) is 0 Å². The molecule has 4 N–H and O–H groups in total. The zero-order chi connectivity index (χ0) is 23.8. The van der Waals surface area contributed by atoms with Gasteiger partial charge in [-0.2, -0.15) is 0 Å². The van der Waals surface area contributed by atoms with Crippen LogP contribution in [0.1, 0.15) is 21.5 Å². The van der Waals surface area contributed by atoms with Crippen molar-refractivity contribution in [3.8, 4) is 5.75 Å². The molecule has 1 aliphatic heterocycles. The lowest BCUT2D eigenvalue weighted by atomic mass is 10.1. The minimum atomic E-state index is -1.76. The van der Waals surface area contributed by atoms with Crippen LogP contribution in [-0.2, 0) is 27.3 Å². The van der Waals surface area contributed by atoms with Crippen molar-refractivity contribution in [2.75, 3.05) is 26.2 Å². The molecular weight excluding hydrogens is 430 g/mol. The van der Waals surface area contributed by atoms with Crippen molar-refractivity contribution in [3.05, 3.63) is 65.2 Å². The molecule has 1 fully saturated rings. The number of aliphatic carboxylic acids is 2. The van der Waals surface area contributed by atoms with Crippen LogP contribution < -0.4 is 15.4 Å². The zero-order valence-corrected chi connectivity index (χ0v) is 17.8. The summed E-state index contributed by atoms with van der Waals surface area (Å²) in [4.78, 5) is 48.1. The first-order chi connectivity index (χ1) is 15.8. The molecule has 3 rings (SSSR count). The van der Waals surface area contributed by atoms with Crippen LogP contribution >= 0.6 is 0 Å². The summed E-state index contributed by atoms with van der Waals surface area (Å²) in [6.45, 7) is 4.53. The molecule has 10 nitrogen and oxygen atoms in total. The summed E-state index contributed by atoms with van der Waals surface area (Å²) in [5.74, 6) is -4.76. The first kappa shape index (κ1) is 23.9. The third-order valence-corrected chi connectivity index (χ3v) is 5.15. The predicted molar refractivity (Wildman–Crippen MR) is 117 cm³/mol. The van der Waals surface area contributed by atoms with Gasteiger partial charge in [-0.1, -0.05) is 24.3 Å². The number of piperazine rings is 1. The summed E-state index contributed by atoms with van der Waals surface area (Å²) in [5, 5.41) is 23.1. The Bertz CT molecular complexity index is 1020. The lowest BCUT2D eigenvalue weighted by molar-refractivity contribution is -0.152. The molecule has 0 aliphatic carbocycles. The second kappa shape index (κ2) is 11.2. The predicted octanol–water partition coefficient (Wildman–Crippen LogP) is 0.508. The second-order valence-corrected chi connectivity index (χ2v) is 7.63. The van der Waals surface area contributed by atoms with Crippen LogP contribution in [0.15, 0.2) is 48.5 Å². The SMILES string of the molecule is O=C(O)C(=O)NC(Cc1ccc(OC(=O)c2cccc(CN3CCNCC3)c2)cc1)C(=O)O. The minimum absolute atomic E-state index is 0.128. The van der Waals surface area contributed by atoms with Gasteiger partial charge in [0.1, 0.15) is 11.8 Å². The Balaban J connectivity index is 1.59. The van der Waals surface area contributed by atoms with Gasteiger partial charge >= 0.3 is 23.8 Å². The third kappa shape index (κ3) is 7.13. The summed E-state index contributed by atoms with van der Waals surface area (Å²) < 4.78 is 5.42. The van der Waals surface area contributed by atoms with Crippen molar-refractivity contribution in [3.63, 3.8) is 0 Å². The number of nitrogens with one attached hydrogen (secondary N) is 2. The topological polar surface area (TPSA) is 145 Å². The molecule has 33 heavy (non-hydrogen) atoms. The zero-order valence-electron chi connectivity index (χ0n) is 17.8. The number of rotatable bonds is 8. The van der Waals surface area contributed by atoms with E-state index in [1.165, 1.54) is 12.1 Å². The molecule has 0 bridgehead atoms. The molecule has 1 heterocycles. The largest absolute Gasteiger partial charge is 0.480 e. The molecule has 0 aromatic heterocycles. The number of carbonyl (C=O) groups is 4. The number of amides is 1. The number of carboxylic acid groups (broad SMARTS) is 2. The minimum Gasteiger partial charge on any atom is -0.480 e. The first-order valence-corrected chi connectivity index (χ1v) is 10.4. The molecule has 1 aliphatic rings. The summed E-state index contributed by atoms with van der Waals surface area (Å²) in [6, 6.07) is 12.0. The number of hydrogen-bond donors (Lipinski definition) is 4. The van der Waals surface area contributed by atoms with E-state index in [1.54, 1.807) is 24.3 Å². The standard InChI is InChI=1S/C23H25N3O7/c27-20(22(30)31)25-19(21(28)29)13-15-4-6-18(7-5-15)33-23(32)17-3-1-2-16(12-17)14-26-10-8-24-9-11-26/h1-7,12,19,24H,8-11,13-14H2,(H,25,27)(H,28,29)(H,30,31). The van der Waals surface area contributed by atoms with Gasteiger partial charge in [-0.05, 0) is 35.4 Å². The van der Waals surface area contributed by atoms with E-state index in [0.29, 0.717) is 11.1 Å². The second-order valence-electron chi connectivity index (χ2n) is 7.63. The molecule has 1 unspecified atom stereocenters. The van der Waals surface area contributed by atoms with Gasteiger partial charge < -0.3 is 25.6 Å². The van der Waals surface area contributed by atoms with Crippen LogP contribution in [0.5, 0.6) is 5.75 Å². The number of carboxylic acids is 2. The highest BCUT2D eigenvalue weighted by atomic mass is 16.5. The van der Waals surface area contributed by atoms with Crippen LogP contribution in [0.4, 0.5) is 0 Å². The van der Waals surface area contributed by atoms with Crippen molar-refractivity contribution < 1.29 is 34.1 Å². The number of esters is 1. The Hall–Kier alpha value is -3.76. The quantitative estimate of drug-likeness (QED) is 0.254. The Kier molecular flexibility index (Phi) is 8.11. The molecule has 1 amide bonds. The smallest absolute Gasteiger partial charge is 0.394 e. The maximum atomic E-state index is 12.6. The van der Waals surface area contributed by atoms with E-state index in [4.69, 9.17) is 9.84 Å². The lowest BCUT2D eigenvalue weighted by Crippen LogP contribution is -2.45. The Morgan fingerprint density at radius 3 is 2.33 bits per heavy atom. The average Bonchev–Trinajstić information content (AvgIpc) is 2.80. The summed E-state index contributed by atoms with van der Waals surface area (Å²) in [7, 11) is 0. The fourth-order valence-corrected chi connectivity index (χ4v) is 3.44. The highest BCUT2D eigenvalue weighted by molar-refractivity contribution is 6.31. The summed E-state index contributed by atoms with van der Waals surface area (Å²) in [5.41, 5.74) is 1.96. The Morgan fingerprint density at radius 2 is 1.70 bits per heavy atom. The van der Waals surface area contributed by atoms with Crippen molar-refractivity contribution in [2.45, 2.75) is 19.0 Å². The van der Waals surface area contributed by atoms with Crippen LogP contribution in [0, 0.1) is 0 Å². The normalized spacial score (nSPS) is 14.8. The van der Waals surface area contributed by atoms with E-state index in [1.807, 2.05) is 17.4 Å². The summed E-state index contributed by atoms with van der Waals surface area (Å²) in [6.07, 6.45) is -0.128. The molecule has 174 valence electrons. The van der Waals surface area contributed by atoms with Gasteiger partial charge in [0.15, 0.2) is 0 Å². The van der Waals surface area contributed by atoms with Crippen molar-refractivity contribution in [1.29, 1.82) is 0 Å². The average molecular weight is 455 g/mol. The van der Waals surface area contributed by atoms with Crippen molar-refractivity contribution in [2.24, 2.45) is 0 Å². The van der Waals surface area contributed by atoms with E-state index < -0.39 is 29.9 Å². The summed E-state index contributed by atoms with van der Waals surface area (Å²) >= 11 is 0. The van der Waals surface area contributed by atoms with Gasteiger partial charge in [-0.3, -0.25) is 9.69 Å². The van der Waals surface area contributed by atoms with Gasteiger partial charge in [-0.15, -0.1) is 0 Å². The molecule has 2 aromatic rings. The number of benzene rings is 2. The number of hydrogen-bond acceptors (Lipinski definition) is 7. The van der Waals surface area contributed by atoms with Crippen LogP contribution in [0.2, 0.25) is 0 Å². The molecule has 0 radical (unpaired) electrons. The molecule has 0 saturated carbocycles. The van der Waals surface area contributed by atoms with Gasteiger partial charge in [0.25, 0.3) is 0 Å². The maximum absolute atomic E-state index is 12.6. The Morgan fingerprint density at radius 1 is 1.00 bits per heavy atom.